The highest BCUT2D eigenvalue weighted by atomic mass is 16.3. The van der Waals surface area contributed by atoms with E-state index in [1.807, 2.05) is 35.2 Å². The summed E-state index contributed by atoms with van der Waals surface area (Å²) >= 11 is 0. The number of imidazole rings is 1. The Morgan fingerprint density at radius 3 is 2.79 bits per heavy atom. The fourth-order valence-electron chi connectivity index (χ4n) is 4.02. The third-order valence-electron chi connectivity index (χ3n) is 5.44. The van der Waals surface area contributed by atoms with Gasteiger partial charge in [0.05, 0.1) is 23.2 Å². The topological polar surface area (TPSA) is 80.9 Å². The smallest absolute Gasteiger partial charge is 0.145 e. The monoisotopic (exact) mass is 371 g/mol. The van der Waals surface area contributed by atoms with Crippen LogP contribution in [0.3, 0.4) is 0 Å². The zero-order valence-electron chi connectivity index (χ0n) is 15.6. The molecule has 0 unspecified atom stereocenters. The Balaban J connectivity index is 1.37. The molecule has 0 atom stereocenters. The summed E-state index contributed by atoms with van der Waals surface area (Å²) in [5.41, 5.74) is 4.69. The van der Waals surface area contributed by atoms with E-state index in [4.69, 9.17) is 5.41 Å². The van der Waals surface area contributed by atoms with Crippen LogP contribution in [0.2, 0.25) is 0 Å². The average Bonchev–Trinajstić information content (AvgIpc) is 3.34. The quantitative estimate of drug-likeness (QED) is 0.509. The lowest BCUT2D eigenvalue weighted by atomic mass is 10.1. The molecule has 3 heterocycles. The number of nitrogens with one attached hydrogen (secondary N) is 2. The van der Waals surface area contributed by atoms with Crippen molar-refractivity contribution in [2.75, 3.05) is 13.1 Å². The predicted molar refractivity (Wildman–Crippen MR) is 112 cm³/mol. The van der Waals surface area contributed by atoms with Crippen LogP contribution in [0.4, 0.5) is 0 Å². The minimum atomic E-state index is 0.196. The summed E-state index contributed by atoms with van der Waals surface area (Å²) < 4.78 is 2.13. The highest BCUT2D eigenvalue weighted by molar-refractivity contribution is 6.23. The van der Waals surface area contributed by atoms with Gasteiger partial charge in [-0.1, -0.05) is 30.3 Å². The molecule has 1 aliphatic heterocycles. The molecule has 28 heavy (non-hydrogen) atoms. The Kier molecular flexibility index (Phi) is 3.72. The summed E-state index contributed by atoms with van der Waals surface area (Å²) in [7, 11) is 2.05. The number of aliphatic hydroxyl groups is 1. The van der Waals surface area contributed by atoms with E-state index in [1.165, 1.54) is 16.5 Å². The number of aromatic amines is 1. The van der Waals surface area contributed by atoms with Gasteiger partial charge in [-0.05, 0) is 30.2 Å². The van der Waals surface area contributed by atoms with Crippen LogP contribution >= 0.6 is 0 Å². The number of H-pyrrole nitrogens is 1. The second-order valence-corrected chi connectivity index (χ2v) is 7.23. The summed E-state index contributed by atoms with van der Waals surface area (Å²) in [5.74, 6) is 1.06. The van der Waals surface area contributed by atoms with E-state index in [0.29, 0.717) is 30.3 Å². The normalized spacial score (nSPS) is 14.8. The van der Waals surface area contributed by atoms with Crippen molar-refractivity contribution >= 4 is 33.3 Å². The minimum absolute atomic E-state index is 0.196. The van der Waals surface area contributed by atoms with Gasteiger partial charge in [-0.15, -0.1) is 0 Å². The minimum Gasteiger partial charge on any atom is -0.510 e. The number of rotatable bonds is 4. The molecule has 3 N–H and O–H groups in total. The number of para-hydroxylation sites is 3. The Morgan fingerprint density at radius 1 is 1.14 bits per heavy atom. The number of amidine groups is 1. The summed E-state index contributed by atoms with van der Waals surface area (Å²) in [6.45, 7) is 1.01. The van der Waals surface area contributed by atoms with Crippen LogP contribution in [0.5, 0.6) is 0 Å². The molecular weight excluding hydrogens is 350 g/mol. The van der Waals surface area contributed by atoms with E-state index in [2.05, 4.69) is 46.0 Å². The van der Waals surface area contributed by atoms with Gasteiger partial charge in [0.1, 0.15) is 17.4 Å². The van der Waals surface area contributed by atoms with E-state index >= 15 is 0 Å². The first-order valence-electron chi connectivity index (χ1n) is 9.36. The molecule has 4 aromatic rings. The maximum Gasteiger partial charge on any atom is 0.145 e. The fraction of sp³-hybridized carbons (Fsp3) is 0.182. The highest BCUT2D eigenvalue weighted by Gasteiger charge is 2.30. The van der Waals surface area contributed by atoms with Crippen LogP contribution in [0.1, 0.15) is 11.4 Å². The van der Waals surface area contributed by atoms with E-state index in [9.17, 15) is 5.11 Å². The highest BCUT2D eigenvalue weighted by Crippen LogP contribution is 2.28. The number of aromatic nitrogens is 3. The first kappa shape index (κ1) is 16.6. The van der Waals surface area contributed by atoms with Crippen molar-refractivity contribution in [2.24, 2.45) is 7.05 Å². The van der Waals surface area contributed by atoms with Crippen molar-refractivity contribution in [3.8, 4) is 0 Å². The molecule has 0 amide bonds. The number of fused-ring (bicyclic) bond motifs is 2. The van der Waals surface area contributed by atoms with Gasteiger partial charge < -0.3 is 19.6 Å². The van der Waals surface area contributed by atoms with Crippen LogP contribution in [0.25, 0.3) is 27.5 Å². The lowest BCUT2D eigenvalue weighted by Crippen LogP contribution is -2.29. The van der Waals surface area contributed by atoms with Gasteiger partial charge in [0.2, 0.25) is 0 Å². The van der Waals surface area contributed by atoms with Crippen molar-refractivity contribution in [1.82, 2.24) is 19.4 Å². The lowest BCUT2D eigenvalue weighted by molar-refractivity contribution is 0.351. The number of nitrogens with zero attached hydrogens (tertiary/aromatic N) is 3. The third kappa shape index (κ3) is 2.57. The summed E-state index contributed by atoms with van der Waals surface area (Å²) in [6, 6.07) is 16.1. The maximum atomic E-state index is 10.5. The van der Waals surface area contributed by atoms with Gasteiger partial charge in [0, 0.05) is 30.7 Å². The van der Waals surface area contributed by atoms with Gasteiger partial charge in [-0.3, -0.25) is 5.41 Å². The second-order valence-electron chi connectivity index (χ2n) is 7.23. The third-order valence-corrected chi connectivity index (χ3v) is 5.44. The molecule has 140 valence electrons. The van der Waals surface area contributed by atoms with Crippen LogP contribution in [0.15, 0.2) is 60.5 Å². The first-order chi connectivity index (χ1) is 13.6. The van der Waals surface area contributed by atoms with Gasteiger partial charge in [0.15, 0.2) is 0 Å². The zero-order chi connectivity index (χ0) is 19.3. The molecule has 0 bridgehead atoms. The van der Waals surface area contributed by atoms with Gasteiger partial charge >= 0.3 is 0 Å². The van der Waals surface area contributed by atoms with E-state index < -0.39 is 0 Å². The Hall–Kier alpha value is -3.54. The van der Waals surface area contributed by atoms with Crippen molar-refractivity contribution in [2.45, 2.75) is 6.42 Å². The Labute approximate surface area is 162 Å². The Bertz CT molecular complexity index is 1210. The van der Waals surface area contributed by atoms with Crippen LogP contribution in [-0.4, -0.2) is 43.5 Å². The number of aryl methyl sites for hydroxylation is 1. The van der Waals surface area contributed by atoms with Crippen LogP contribution in [-0.2, 0) is 13.5 Å². The summed E-state index contributed by atoms with van der Waals surface area (Å²) in [6.07, 6.45) is 2.96. The molecular formula is C22H21N5O. The lowest BCUT2D eigenvalue weighted by Gasteiger charge is -2.18. The van der Waals surface area contributed by atoms with Crippen molar-refractivity contribution in [3.63, 3.8) is 0 Å². The van der Waals surface area contributed by atoms with Crippen molar-refractivity contribution < 1.29 is 5.11 Å². The maximum absolute atomic E-state index is 10.5. The number of hydrogen-bond donors (Lipinski definition) is 3. The predicted octanol–water partition coefficient (Wildman–Crippen LogP) is 3.86. The summed E-state index contributed by atoms with van der Waals surface area (Å²) in [5, 5.41) is 20.3. The van der Waals surface area contributed by atoms with E-state index in [1.54, 1.807) is 0 Å². The standard InChI is InChI=1S/C22H21N5O/c1-26-12-14(15-6-2-5-9-18(15)26)10-11-27-13-19(28)20(21(27)23)22-24-16-7-3-4-8-17(16)25-22/h2-9,12,23,28H,10-11,13H2,1H3,(H,24,25). The van der Waals surface area contributed by atoms with Gasteiger partial charge in [-0.2, -0.15) is 0 Å². The molecule has 2 aromatic carbocycles. The van der Waals surface area contributed by atoms with E-state index in [0.717, 1.165) is 17.5 Å². The molecule has 0 saturated heterocycles. The van der Waals surface area contributed by atoms with Gasteiger partial charge in [-0.25, -0.2) is 4.98 Å². The van der Waals surface area contributed by atoms with Gasteiger partial charge in [0.25, 0.3) is 0 Å². The molecule has 0 saturated carbocycles. The molecule has 1 aliphatic rings. The molecule has 2 aromatic heterocycles. The van der Waals surface area contributed by atoms with Crippen LogP contribution in [0, 0.1) is 5.41 Å². The molecule has 6 heteroatoms. The second kappa shape index (κ2) is 6.27. The number of hydrogen-bond acceptors (Lipinski definition) is 3. The number of aliphatic hydroxyl groups excluding tert-OH is 1. The number of benzene rings is 2. The fourth-order valence-corrected chi connectivity index (χ4v) is 4.02. The SMILES string of the molecule is Cn1cc(CCN2CC(O)=C(c3nc4ccccc4[nH]3)C2=N)c2ccccc21. The zero-order valence-corrected chi connectivity index (χ0v) is 15.6. The summed E-state index contributed by atoms with van der Waals surface area (Å²) in [4.78, 5) is 9.67. The average molecular weight is 371 g/mol. The van der Waals surface area contributed by atoms with Crippen LogP contribution < -0.4 is 0 Å². The van der Waals surface area contributed by atoms with E-state index in [-0.39, 0.29) is 5.76 Å². The molecule has 6 nitrogen and oxygen atoms in total. The first-order valence-corrected chi connectivity index (χ1v) is 9.36. The molecule has 0 aliphatic carbocycles. The molecule has 5 rings (SSSR count). The largest absolute Gasteiger partial charge is 0.510 e. The molecule has 0 spiro atoms. The Morgan fingerprint density at radius 2 is 1.93 bits per heavy atom. The molecule has 0 radical (unpaired) electrons. The van der Waals surface area contributed by atoms with Crippen molar-refractivity contribution in [3.05, 3.63) is 71.9 Å². The molecule has 0 fully saturated rings. The van der Waals surface area contributed by atoms with Crippen molar-refractivity contribution in [1.29, 1.82) is 5.41 Å².